The van der Waals surface area contributed by atoms with Crippen molar-refractivity contribution in [3.05, 3.63) is 23.8 Å². The van der Waals surface area contributed by atoms with Crippen LogP contribution >= 0.6 is 11.8 Å². The second-order valence-electron chi connectivity index (χ2n) is 3.96. The number of halogens is 3. The first-order chi connectivity index (χ1) is 9.42. The van der Waals surface area contributed by atoms with Gasteiger partial charge < -0.3 is 10.0 Å². The Hall–Kier alpha value is -1.39. The minimum atomic E-state index is -4.39. The molecule has 0 spiro atoms. The first-order valence-electron chi connectivity index (χ1n) is 6.01. The van der Waals surface area contributed by atoms with E-state index in [0.29, 0.717) is 4.90 Å². The van der Waals surface area contributed by atoms with Gasteiger partial charge >= 0.3 is 6.18 Å². The van der Waals surface area contributed by atoms with Gasteiger partial charge in [0, 0.05) is 11.4 Å². The maximum absolute atomic E-state index is 12.6. The van der Waals surface area contributed by atoms with E-state index in [1.165, 1.54) is 17.8 Å². The molecule has 0 amide bonds. The van der Waals surface area contributed by atoms with Crippen LogP contribution < -0.4 is 4.90 Å². The smallest absolute Gasteiger partial charge is 0.395 e. The van der Waals surface area contributed by atoms with Crippen molar-refractivity contribution < 1.29 is 18.3 Å². The molecule has 20 heavy (non-hydrogen) atoms. The molecule has 0 bridgehead atoms. The molecule has 0 aliphatic carbocycles. The van der Waals surface area contributed by atoms with E-state index in [9.17, 15) is 18.4 Å². The Morgan fingerprint density at radius 1 is 1.40 bits per heavy atom. The van der Waals surface area contributed by atoms with Crippen LogP contribution in [0.25, 0.3) is 0 Å². The fourth-order valence-corrected chi connectivity index (χ4v) is 2.57. The van der Waals surface area contributed by atoms with E-state index in [-0.39, 0.29) is 17.8 Å². The number of nitriles is 1. The first kappa shape index (κ1) is 16.7. The normalized spacial score (nSPS) is 11.2. The van der Waals surface area contributed by atoms with Crippen LogP contribution in [-0.2, 0) is 0 Å². The molecular formula is C13H15F3N2OS. The van der Waals surface area contributed by atoms with Gasteiger partial charge in [0.25, 0.3) is 0 Å². The highest BCUT2D eigenvalue weighted by Gasteiger charge is 2.31. The van der Waals surface area contributed by atoms with Crippen molar-refractivity contribution in [1.29, 1.82) is 5.26 Å². The van der Waals surface area contributed by atoms with E-state index < -0.39 is 19.3 Å². The predicted octanol–water partition coefficient (Wildman–Crippen LogP) is 3.03. The Balaban J connectivity index is 3.19. The van der Waals surface area contributed by atoms with E-state index >= 15 is 0 Å². The largest absolute Gasteiger partial charge is 0.405 e. The van der Waals surface area contributed by atoms with E-state index in [1.807, 2.05) is 13.0 Å². The Morgan fingerprint density at radius 3 is 2.60 bits per heavy atom. The van der Waals surface area contributed by atoms with Crippen LogP contribution in [0.1, 0.15) is 12.5 Å². The molecule has 1 rings (SSSR count). The zero-order valence-corrected chi connectivity index (χ0v) is 11.8. The summed E-state index contributed by atoms with van der Waals surface area (Å²) >= 11 is 1.40. The molecule has 0 heterocycles. The fourth-order valence-electron chi connectivity index (χ4n) is 1.79. The van der Waals surface area contributed by atoms with E-state index in [2.05, 4.69) is 0 Å². The maximum atomic E-state index is 12.6. The second-order valence-corrected chi connectivity index (χ2v) is 5.26. The maximum Gasteiger partial charge on any atom is 0.405 e. The zero-order chi connectivity index (χ0) is 15.2. The molecule has 0 radical (unpaired) electrons. The van der Waals surface area contributed by atoms with E-state index in [0.717, 1.165) is 10.7 Å². The van der Waals surface area contributed by atoms with Gasteiger partial charge in [-0.3, -0.25) is 0 Å². The van der Waals surface area contributed by atoms with E-state index in [4.69, 9.17) is 5.11 Å². The third-order valence-corrected chi connectivity index (χ3v) is 3.44. The molecule has 0 atom stereocenters. The highest BCUT2D eigenvalue weighted by Crippen LogP contribution is 2.31. The summed E-state index contributed by atoms with van der Waals surface area (Å²) in [6, 6.07) is 6.76. The summed E-state index contributed by atoms with van der Waals surface area (Å²) in [6.07, 6.45) is -4.39. The second kappa shape index (κ2) is 7.41. The molecule has 3 nitrogen and oxygen atoms in total. The Bertz CT molecular complexity index is 485. The number of benzene rings is 1. The lowest BCUT2D eigenvalue weighted by Gasteiger charge is -2.26. The number of nitrogens with zero attached hydrogens (tertiary/aromatic N) is 2. The van der Waals surface area contributed by atoms with Crippen molar-refractivity contribution >= 4 is 17.4 Å². The molecule has 0 aromatic heterocycles. The molecule has 1 aromatic rings. The average Bonchev–Trinajstić information content (AvgIpc) is 2.37. The lowest BCUT2D eigenvalue weighted by molar-refractivity contribution is -0.119. The monoisotopic (exact) mass is 304 g/mol. The van der Waals surface area contributed by atoms with Crippen LogP contribution in [-0.4, -0.2) is 36.7 Å². The van der Waals surface area contributed by atoms with Crippen LogP contribution in [0.2, 0.25) is 0 Å². The minimum Gasteiger partial charge on any atom is -0.395 e. The van der Waals surface area contributed by atoms with Crippen molar-refractivity contribution in [2.24, 2.45) is 0 Å². The van der Waals surface area contributed by atoms with Crippen molar-refractivity contribution in [3.63, 3.8) is 0 Å². The van der Waals surface area contributed by atoms with Crippen molar-refractivity contribution in [2.75, 3.05) is 30.3 Å². The summed E-state index contributed by atoms with van der Waals surface area (Å²) in [5, 5.41) is 18.1. The van der Waals surface area contributed by atoms with Gasteiger partial charge in [0.15, 0.2) is 0 Å². The van der Waals surface area contributed by atoms with Gasteiger partial charge in [-0.05, 0) is 17.9 Å². The summed E-state index contributed by atoms with van der Waals surface area (Å²) in [4.78, 5) is 1.63. The number of hydrogen-bond acceptors (Lipinski definition) is 4. The first-order valence-corrected chi connectivity index (χ1v) is 7.00. The molecule has 0 aliphatic heterocycles. The average molecular weight is 304 g/mol. The van der Waals surface area contributed by atoms with Gasteiger partial charge in [0.1, 0.15) is 12.6 Å². The number of alkyl halides is 3. The van der Waals surface area contributed by atoms with Crippen LogP contribution in [0.5, 0.6) is 0 Å². The number of rotatable bonds is 6. The van der Waals surface area contributed by atoms with Crippen LogP contribution in [0.3, 0.4) is 0 Å². The lowest BCUT2D eigenvalue weighted by Crippen LogP contribution is -2.36. The molecular weight excluding hydrogens is 289 g/mol. The predicted molar refractivity (Wildman–Crippen MR) is 72.9 cm³/mol. The summed E-state index contributed by atoms with van der Waals surface area (Å²) in [5.41, 5.74) is 0.425. The van der Waals surface area contributed by atoms with Gasteiger partial charge in [-0.25, -0.2) is 0 Å². The third kappa shape index (κ3) is 4.62. The Labute approximate surface area is 120 Å². The highest BCUT2D eigenvalue weighted by molar-refractivity contribution is 7.99. The van der Waals surface area contributed by atoms with Crippen LogP contribution in [0.4, 0.5) is 18.9 Å². The van der Waals surface area contributed by atoms with Crippen molar-refractivity contribution in [2.45, 2.75) is 18.0 Å². The molecule has 0 aliphatic rings. The Morgan fingerprint density at radius 2 is 2.10 bits per heavy atom. The van der Waals surface area contributed by atoms with Gasteiger partial charge in [0.05, 0.1) is 17.9 Å². The molecule has 1 N–H and O–H groups in total. The summed E-state index contributed by atoms with van der Waals surface area (Å²) in [7, 11) is 0. The number of thioether (sulfide) groups is 1. The fraction of sp³-hybridized carbons (Fsp3) is 0.462. The van der Waals surface area contributed by atoms with Crippen LogP contribution in [0.15, 0.2) is 23.1 Å². The Kier molecular flexibility index (Phi) is 6.17. The standard InChI is InChI=1S/C13H15F3N2OS/c1-2-20-12-5-3-4-11(10(12)8-17)18(6-7-19)9-13(14,15)16/h3-5,19H,2,6-7,9H2,1H3. The molecule has 0 unspecified atom stereocenters. The minimum absolute atomic E-state index is 0.172. The molecule has 110 valence electrons. The number of aliphatic hydroxyl groups is 1. The van der Waals surface area contributed by atoms with Gasteiger partial charge in [-0.2, -0.15) is 18.4 Å². The van der Waals surface area contributed by atoms with Crippen molar-refractivity contribution in [3.8, 4) is 6.07 Å². The summed E-state index contributed by atoms with van der Waals surface area (Å²) in [6.45, 7) is 0.128. The summed E-state index contributed by atoms with van der Waals surface area (Å²) in [5.74, 6) is 0.720. The van der Waals surface area contributed by atoms with Crippen LogP contribution in [0, 0.1) is 11.3 Å². The number of aliphatic hydroxyl groups excluding tert-OH is 1. The van der Waals surface area contributed by atoms with Gasteiger partial charge in [-0.15, -0.1) is 11.8 Å². The SMILES string of the molecule is CCSc1cccc(N(CCO)CC(F)(F)F)c1C#N. The summed E-state index contributed by atoms with van der Waals surface area (Å²) < 4.78 is 37.8. The number of hydrogen-bond donors (Lipinski definition) is 1. The highest BCUT2D eigenvalue weighted by atomic mass is 32.2. The lowest BCUT2D eigenvalue weighted by atomic mass is 10.1. The third-order valence-electron chi connectivity index (χ3n) is 2.50. The van der Waals surface area contributed by atoms with Gasteiger partial charge in [0.2, 0.25) is 0 Å². The molecule has 0 saturated heterocycles. The molecule has 7 heteroatoms. The quantitative estimate of drug-likeness (QED) is 0.821. The van der Waals surface area contributed by atoms with E-state index in [1.54, 1.807) is 12.1 Å². The zero-order valence-electron chi connectivity index (χ0n) is 10.9. The molecule has 1 aromatic carbocycles. The molecule has 0 fully saturated rings. The van der Waals surface area contributed by atoms with Gasteiger partial charge in [-0.1, -0.05) is 13.0 Å². The topological polar surface area (TPSA) is 47.3 Å². The number of anilines is 1. The molecule has 0 saturated carbocycles. The van der Waals surface area contributed by atoms with Crippen molar-refractivity contribution in [1.82, 2.24) is 0 Å².